The number of hydrogen-bond acceptors (Lipinski definition) is 7. The fourth-order valence-electron chi connectivity index (χ4n) is 3.36. The molecule has 4 rings (SSSR count). The van der Waals surface area contributed by atoms with Gasteiger partial charge < -0.3 is 15.1 Å². The van der Waals surface area contributed by atoms with Gasteiger partial charge in [-0.2, -0.15) is 0 Å². The Bertz CT molecular complexity index is 1040. The van der Waals surface area contributed by atoms with E-state index in [9.17, 15) is 14.5 Å². The van der Waals surface area contributed by atoms with Gasteiger partial charge in [0.2, 0.25) is 11.6 Å². The molecule has 1 saturated heterocycles. The second kappa shape index (κ2) is 8.78. The van der Waals surface area contributed by atoms with Crippen molar-refractivity contribution < 1.29 is 9.31 Å². The number of aromatic nitrogens is 2. The molecule has 0 amide bonds. The molecule has 0 unspecified atom stereocenters. The van der Waals surface area contributed by atoms with Crippen LogP contribution < -0.4 is 15.1 Å². The zero-order valence-corrected chi connectivity index (χ0v) is 18.0. The topological polar surface area (TPSA) is 87.4 Å². The second-order valence-electron chi connectivity index (χ2n) is 6.73. The molecule has 3 aromatic rings. The zero-order valence-electron chi connectivity index (χ0n) is 15.8. The lowest BCUT2D eigenvalue weighted by Crippen LogP contribution is -2.47. The molecule has 1 fully saturated rings. The smallest absolute Gasteiger partial charge is 0.353 e. The van der Waals surface area contributed by atoms with Crippen molar-refractivity contribution in [2.24, 2.45) is 0 Å². The van der Waals surface area contributed by atoms with Crippen LogP contribution in [0.2, 0.25) is 0 Å². The SMILES string of the molecule is O=[N+]([O-])c1c(Nc2ccc(I)cc2)ncnc1N1CCN(c2ccc(F)cc2)CC1. The van der Waals surface area contributed by atoms with Gasteiger partial charge in [-0.05, 0) is 71.1 Å². The molecule has 0 aliphatic carbocycles. The molecule has 30 heavy (non-hydrogen) atoms. The van der Waals surface area contributed by atoms with Crippen LogP contribution in [-0.4, -0.2) is 41.1 Å². The predicted molar refractivity (Wildman–Crippen MR) is 122 cm³/mol. The summed E-state index contributed by atoms with van der Waals surface area (Å²) < 4.78 is 14.2. The first kappa shape index (κ1) is 20.3. The summed E-state index contributed by atoms with van der Waals surface area (Å²) in [5, 5.41) is 14.9. The largest absolute Gasteiger partial charge is 0.368 e. The van der Waals surface area contributed by atoms with Gasteiger partial charge in [0.05, 0.1) is 4.92 Å². The van der Waals surface area contributed by atoms with Crippen LogP contribution in [0.1, 0.15) is 0 Å². The first-order chi connectivity index (χ1) is 14.5. The van der Waals surface area contributed by atoms with Gasteiger partial charge in [0.1, 0.15) is 12.1 Å². The Morgan fingerprint density at radius 2 is 1.60 bits per heavy atom. The number of nitrogens with one attached hydrogen (secondary N) is 1. The molecule has 0 atom stereocenters. The predicted octanol–water partition coefficient (Wildman–Crippen LogP) is 4.20. The molecule has 1 aliphatic rings. The minimum absolute atomic E-state index is 0.147. The van der Waals surface area contributed by atoms with E-state index in [-0.39, 0.29) is 17.3 Å². The van der Waals surface area contributed by atoms with E-state index in [0.29, 0.717) is 37.7 Å². The Kier molecular flexibility index (Phi) is 5.93. The van der Waals surface area contributed by atoms with Crippen molar-refractivity contribution in [3.05, 3.63) is 74.4 Å². The molecular formula is C20H18FIN6O2. The lowest BCUT2D eigenvalue weighted by atomic mass is 10.2. The van der Waals surface area contributed by atoms with Gasteiger partial charge >= 0.3 is 5.69 Å². The van der Waals surface area contributed by atoms with Gasteiger partial charge in [0.15, 0.2) is 0 Å². The van der Waals surface area contributed by atoms with Crippen molar-refractivity contribution in [1.29, 1.82) is 0 Å². The summed E-state index contributed by atoms with van der Waals surface area (Å²) in [6.45, 7) is 2.40. The normalized spacial score (nSPS) is 13.9. The highest BCUT2D eigenvalue weighted by Crippen LogP contribution is 2.34. The van der Waals surface area contributed by atoms with E-state index in [1.165, 1.54) is 18.5 Å². The maximum absolute atomic E-state index is 13.2. The fraction of sp³-hybridized carbons (Fsp3) is 0.200. The van der Waals surface area contributed by atoms with Gasteiger partial charge in [-0.25, -0.2) is 14.4 Å². The summed E-state index contributed by atoms with van der Waals surface area (Å²) in [6, 6.07) is 13.8. The summed E-state index contributed by atoms with van der Waals surface area (Å²) in [7, 11) is 0. The van der Waals surface area contributed by atoms with Gasteiger partial charge in [0.25, 0.3) is 0 Å². The molecular weight excluding hydrogens is 502 g/mol. The number of rotatable bonds is 5. The number of anilines is 4. The van der Waals surface area contributed by atoms with Crippen LogP contribution in [0.3, 0.4) is 0 Å². The number of nitrogens with zero attached hydrogens (tertiary/aromatic N) is 5. The second-order valence-corrected chi connectivity index (χ2v) is 7.98. The van der Waals surface area contributed by atoms with Gasteiger partial charge in [-0.1, -0.05) is 0 Å². The first-order valence-electron chi connectivity index (χ1n) is 9.29. The molecule has 0 saturated carbocycles. The van der Waals surface area contributed by atoms with Crippen molar-refractivity contribution in [2.45, 2.75) is 0 Å². The third-order valence-corrected chi connectivity index (χ3v) is 5.58. The summed E-state index contributed by atoms with van der Waals surface area (Å²) in [5.74, 6) is 0.177. The third-order valence-electron chi connectivity index (χ3n) is 4.86. The molecule has 8 nitrogen and oxygen atoms in total. The fourth-order valence-corrected chi connectivity index (χ4v) is 3.72. The van der Waals surface area contributed by atoms with E-state index in [0.717, 1.165) is 9.26 Å². The lowest BCUT2D eigenvalue weighted by molar-refractivity contribution is -0.383. The van der Waals surface area contributed by atoms with Gasteiger partial charge in [0, 0.05) is 41.1 Å². The molecule has 2 aromatic carbocycles. The highest BCUT2D eigenvalue weighted by atomic mass is 127. The minimum atomic E-state index is -0.448. The van der Waals surface area contributed by atoms with E-state index in [4.69, 9.17) is 0 Å². The number of hydrogen-bond donors (Lipinski definition) is 1. The standard InChI is InChI=1S/C20H18FIN6O2/c21-14-1-7-17(8-2-14)26-9-11-27(12-10-26)20-18(28(29)30)19(23-13-24-20)25-16-5-3-15(22)4-6-16/h1-8,13H,9-12H2,(H,23,24,25). The van der Waals surface area contributed by atoms with Crippen LogP contribution in [0.4, 0.5) is 33.1 Å². The molecule has 10 heteroatoms. The minimum Gasteiger partial charge on any atom is -0.368 e. The molecule has 1 aromatic heterocycles. The monoisotopic (exact) mass is 520 g/mol. The van der Waals surface area contributed by atoms with Crippen LogP contribution in [0, 0.1) is 19.5 Å². The van der Waals surface area contributed by atoms with Crippen LogP contribution >= 0.6 is 22.6 Å². The average molecular weight is 520 g/mol. The first-order valence-corrected chi connectivity index (χ1v) is 10.4. The molecule has 2 heterocycles. The number of halogens is 2. The van der Waals surface area contributed by atoms with Crippen molar-refractivity contribution in [3.63, 3.8) is 0 Å². The van der Waals surface area contributed by atoms with Crippen molar-refractivity contribution >= 4 is 51.3 Å². The van der Waals surface area contributed by atoms with Crippen LogP contribution in [0.25, 0.3) is 0 Å². The average Bonchev–Trinajstić information content (AvgIpc) is 2.76. The summed E-state index contributed by atoms with van der Waals surface area (Å²) in [4.78, 5) is 23.7. The number of nitro groups is 1. The van der Waals surface area contributed by atoms with E-state index in [1.807, 2.05) is 29.2 Å². The van der Waals surface area contributed by atoms with Crippen LogP contribution in [-0.2, 0) is 0 Å². The summed E-state index contributed by atoms with van der Waals surface area (Å²) in [5.41, 5.74) is 1.49. The highest BCUT2D eigenvalue weighted by molar-refractivity contribution is 14.1. The Balaban J connectivity index is 1.54. The summed E-state index contributed by atoms with van der Waals surface area (Å²) >= 11 is 2.20. The van der Waals surface area contributed by atoms with Gasteiger partial charge in [-0.3, -0.25) is 10.1 Å². The van der Waals surface area contributed by atoms with Crippen molar-refractivity contribution in [1.82, 2.24) is 9.97 Å². The third kappa shape index (κ3) is 4.42. The molecule has 1 aliphatic heterocycles. The molecule has 154 valence electrons. The number of benzene rings is 2. The Morgan fingerprint density at radius 3 is 2.23 bits per heavy atom. The van der Waals surface area contributed by atoms with Crippen LogP contribution in [0.5, 0.6) is 0 Å². The highest BCUT2D eigenvalue weighted by Gasteiger charge is 2.29. The van der Waals surface area contributed by atoms with Gasteiger partial charge in [-0.15, -0.1) is 0 Å². The number of piperazine rings is 1. The Labute approximate surface area is 186 Å². The zero-order chi connectivity index (χ0) is 21.1. The Morgan fingerprint density at radius 1 is 0.967 bits per heavy atom. The van der Waals surface area contributed by atoms with E-state index >= 15 is 0 Å². The van der Waals surface area contributed by atoms with Crippen LogP contribution in [0.15, 0.2) is 54.9 Å². The summed E-state index contributed by atoms with van der Waals surface area (Å²) in [6.07, 6.45) is 1.34. The molecule has 0 radical (unpaired) electrons. The van der Waals surface area contributed by atoms with Crippen molar-refractivity contribution in [3.8, 4) is 0 Å². The molecule has 0 bridgehead atoms. The molecule has 1 N–H and O–H groups in total. The maximum Gasteiger partial charge on any atom is 0.353 e. The molecule has 0 spiro atoms. The lowest BCUT2D eigenvalue weighted by Gasteiger charge is -2.36. The maximum atomic E-state index is 13.2. The van der Waals surface area contributed by atoms with E-state index in [2.05, 4.69) is 42.8 Å². The Hall–Kier alpha value is -3.02. The van der Waals surface area contributed by atoms with Crippen molar-refractivity contribution in [2.75, 3.05) is 41.3 Å². The van der Waals surface area contributed by atoms with E-state index < -0.39 is 4.92 Å². The quantitative estimate of drug-likeness (QED) is 0.307. The van der Waals surface area contributed by atoms with E-state index in [1.54, 1.807) is 12.1 Å².